The van der Waals surface area contributed by atoms with Crippen molar-refractivity contribution < 1.29 is 14.7 Å². The second-order valence-electron chi connectivity index (χ2n) is 4.85. The first kappa shape index (κ1) is 14.1. The van der Waals surface area contributed by atoms with E-state index in [0.29, 0.717) is 12.1 Å². The van der Waals surface area contributed by atoms with Crippen molar-refractivity contribution in [1.29, 1.82) is 0 Å². The average Bonchev–Trinajstić information content (AvgIpc) is 2.78. The first-order valence-corrected chi connectivity index (χ1v) is 7.07. The van der Waals surface area contributed by atoms with Crippen LogP contribution in [0.25, 0.3) is 0 Å². The van der Waals surface area contributed by atoms with Crippen molar-refractivity contribution in [2.45, 2.75) is 32.2 Å². The zero-order valence-electron chi connectivity index (χ0n) is 10.7. The van der Waals surface area contributed by atoms with E-state index < -0.39 is 5.97 Å². The Morgan fingerprint density at radius 3 is 2.89 bits per heavy atom. The molecule has 1 saturated heterocycles. The lowest BCUT2D eigenvalue weighted by molar-refractivity contribution is -0.137. The third kappa shape index (κ3) is 3.15. The van der Waals surface area contributed by atoms with E-state index in [1.807, 2.05) is 19.1 Å². The lowest BCUT2D eigenvalue weighted by atomic mass is 10.1. The second-order valence-corrected chi connectivity index (χ2v) is 5.77. The number of amides is 1. The first-order chi connectivity index (χ1) is 8.99. The molecule has 1 fully saturated rings. The molecule has 5 heteroatoms. The second kappa shape index (κ2) is 5.74. The summed E-state index contributed by atoms with van der Waals surface area (Å²) in [6, 6.07) is 5.40. The molecule has 1 heterocycles. The van der Waals surface area contributed by atoms with Gasteiger partial charge in [-0.25, -0.2) is 0 Å². The van der Waals surface area contributed by atoms with Gasteiger partial charge in [-0.15, -0.1) is 0 Å². The minimum atomic E-state index is -0.851. The molecule has 0 aromatic heterocycles. The molecule has 2 rings (SSSR count). The third-order valence-electron chi connectivity index (χ3n) is 3.48. The summed E-state index contributed by atoms with van der Waals surface area (Å²) in [5.41, 5.74) is 1.56. The predicted molar refractivity (Wildman–Crippen MR) is 75.2 cm³/mol. The standard InChI is InChI=1S/C14H16BrNO3/c1-9-4-5-10(15)7-12(9)14(19)16-6-2-3-11(16)8-13(17)18/h4-5,7,11H,2-3,6,8H2,1H3,(H,17,18). The minimum Gasteiger partial charge on any atom is -0.481 e. The van der Waals surface area contributed by atoms with Crippen molar-refractivity contribution in [2.24, 2.45) is 0 Å². The van der Waals surface area contributed by atoms with Gasteiger partial charge >= 0.3 is 5.97 Å². The number of benzene rings is 1. The molecule has 0 radical (unpaired) electrons. The van der Waals surface area contributed by atoms with Crippen LogP contribution < -0.4 is 0 Å². The SMILES string of the molecule is Cc1ccc(Br)cc1C(=O)N1CCCC1CC(=O)O. The summed E-state index contributed by atoms with van der Waals surface area (Å²) >= 11 is 3.36. The van der Waals surface area contributed by atoms with Gasteiger partial charge in [-0.2, -0.15) is 0 Å². The molecule has 0 bridgehead atoms. The van der Waals surface area contributed by atoms with E-state index in [0.717, 1.165) is 22.9 Å². The highest BCUT2D eigenvalue weighted by atomic mass is 79.9. The highest BCUT2D eigenvalue weighted by Gasteiger charge is 2.31. The number of carbonyl (C=O) groups is 2. The minimum absolute atomic E-state index is 0.0266. The molecular formula is C14H16BrNO3. The maximum absolute atomic E-state index is 12.5. The quantitative estimate of drug-likeness (QED) is 0.929. The van der Waals surface area contributed by atoms with E-state index in [4.69, 9.17) is 5.11 Å². The van der Waals surface area contributed by atoms with Crippen molar-refractivity contribution in [3.8, 4) is 0 Å². The Labute approximate surface area is 120 Å². The van der Waals surface area contributed by atoms with Gasteiger partial charge in [0.25, 0.3) is 5.91 Å². The summed E-state index contributed by atoms with van der Waals surface area (Å²) in [5, 5.41) is 8.90. The Morgan fingerprint density at radius 2 is 2.21 bits per heavy atom. The predicted octanol–water partition coefficient (Wildman–Crippen LogP) is 2.84. The van der Waals surface area contributed by atoms with E-state index in [-0.39, 0.29) is 18.4 Å². The van der Waals surface area contributed by atoms with Crippen molar-refractivity contribution in [1.82, 2.24) is 4.90 Å². The Hall–Kier alpha value is -1.36. The number of carboxylic acid groups (broad SMARTS) is 1. The van der Waals surface area contributed by atoms with Crippen LogP contribution in [0.3, 0.4) is 0 Å². The van der Waals surface area contributed by atoms with E-state index in [1.165, 1.54) is 0 Å². The average molecular weight is 326 g/mol. The van der Waals surface area contributed by atoms with E-state index >= 15 is 0 Å². The van der Waals surface area contributed by atoms with E-state index in [1.54, 1.807) is 11.0 Å². The molecule has 1 aliphatic rings. The lowest BCUT2D eigenvalue weighted by Gasteiger charge is -2.24. The van der Waals surface area contributed by atoms with Crippen LogP contribution in [0.15, 0.2) is 22.7 Å². The maximum atomic E-state index is 12.5. The number of aliphatic carboxylic acids is 1. The molecule has 1 N–H and O–H groups in total. The normalized spacial score (nSPS) is 18.6. The highest BCUT2D eigenvalue weighted by molar-refractivity contribution is 9.10. The number of aryl methyl sites for hydroxylation is 1. The van der Waals surface area contributed by atoms with Gasteiger partial charge in [0, 0.05) is 22.6 Å². The van der Waals surface area contributed by atoms with Gasteiger partial charge in [-0.05, 0) is 37.5 Å². The zero-order valence-corrected chi connectivity index (χ0v) is 12.3. The fraction of sp³-hybridized carbons (Fsp3) is 0.429. The number of carboxylic acids is 1. The summed E-state index contributed by atoms with van der Waals surface area (Å²) in [6.07, 6.45) is 1.67. The summed E-state index contributed by atoms with van der Waals surface area (Å²) in [5.74, 6) is -0.918. The maximum Gasteiger partial charge on any atom is 0.305 e. The van der Waals surface area contributed by atoms with E-state index in [2.05, 4.69) is 15.9 Å². The summed E-state index contributed by atoms with van der Waals surface area (Å²) in [7, 11) is 0. The van der Waals surface area contributed by atoms with Crippen LogP contribution >= 0.6 is 15.9 Å². The van der Waals surface area contributed by atoms with Gasteiger partial charge in [-0.3, -0.25) is 9.59 Å². The Balaban J connectivity index is 2.23. The van der Waals surface area contributed by atoms with Gasteiger partial charge in [0.05, 0.1) is 6.42 Å². The van der Waals surface area contributed by atoms with Crippen LogP contribution in [-0.2, 0) is 4.79 Å². The molecule has 1 aliphatic heterocycles. The Morgan fingerprint density at radius 1 is 1.47 bits per heavy atom. The van der Waals surface area contributed by atoms with Crippen molar-refractivity contribution >= 4 is 27.8 Å². The smallest absolute Gasteiger partial charge is 0.305 e. The molecule has 0 saturated carbocycles. The fourth-order valence-electron chi connectivity index (χ4n) is 2.50. The van der Waals surface area contributed by atoms with Crippen LogP contribution in [0.2, 0.25) is 0 Å². The molecule has 0 aliphatic carbocycles. The molecule has 19 heavy (non-hydrogen) atoms. The summed E-state index contributed by atoms with van der Waals surface area (Å²) in [6.45, 7) is 2.53. The van der Waals surface area contributed by atoms with Crippen molar-refractivity contribution in [2.75, 3.05) is 6.54 Å². The van der Waals surface area contributed by atoms with Crippen LogP contribution in [0.5, 0.6) is 0 Å². The number of carbonyl (C=O) groups excluding carboxylic acids is 1. The van der Waals surface area contributed by atoms with Crippen LogP contribution in [0.1, 0.15) is 35.2 Å². The van der Waals surface area contributed by atoms with E-state index in [9.17, 15) is 9.59 Å². The molecule has 0 spiro atoms. The molecule has 102 valence electrons. The third-order valence-corrected chi connectivity index (χ3v) is 3.97. The first-order valence-electron chi connectivity index (χ1n) is 6.28. The number of nitrogens with zero attached hydrogens (tertiary/aromatic N) is 1. The zero-order chi connectivity index (χ0) is 14.0. The monoisotopic (exact) mass is 325 g/mol. The molecule has 1 atom stereocenters. The number of hydrogen-bond donors (Lipinski definition) is 1. The Bertz CT molecular complexity index is 515. The summed E-state index contributed by atoms with van der Waals surface area (Å²) in [4.78, 5) is 25.1. The number of rotatable bonds is 3. The Kier molecular flexibility index (Phi) is 4.24. The number of hydrogen-bond acceptors (Lipinski definition) is 2. The van der Waals surface area contributed by atoms with Gasteiger partial charge in [0.2, 0.25) is 0 Å². The lowest BCUT2D eigenvalue weighted by Crippen LogP contribution is -2.37. The highest BCUT2D eigenvalue weighted by Crippen LogP contribution is 2.25. The summed E-state index contributed by atoms with van der Waals surface area (Å²) < 4.78 is 0.857. The number of halogens is 1. The topological polar surface area (TPSA) is 57.6 Å². The molecule has 1 unspecified atom stereocenters. The van der Waals surface area contributed by atoms with Crippen molar-refractivity contribution in [3.05, 3.63) is 33.8 Å². The number of likely N-dealkylation sites (tertiary alicyclic amines) is 1. The van der Waals surface area contributed by atoms with Crippen LogP contribution in [0, 0.1) is 6.92 Å². The van der Waals surface area contributed by atoms with Gasteiger partial charge in [0.15, 0.2) is 0 Å². The van der Waals surface area contributed by atoms with Crippen LogP contribution in [0.4, 0.5) is 0 Å². The van der Waals surface area contributed by atoms with Gasteiger partial charge in [0.1, 0.15) is 0 Å². The molecular weight excluding hydrogens is 310 g/mol. The van der Waals surface area contributed by atoms with Crippen LogP contribution in [-0.4, -0.2) is 34.5 Å². The molecule has 4 nitrogen and oxygen atoms in total. The molecule has 1 amide bonds. The fourth-order valence-corrected chi connectivity index (χ4v) is 2.86. The van der Waals surface area contributed by atoms with Gasteiger partial charge in [-0.1, -0.05) is 22.0 Å². The largest absolute Gasteiger partial charge is 0.481 e. The molecule has 1 aromatic carbocycles. The van der Waals surface area contributed by atoms with Crippen molar-refractivity contribution in [3.63, 3.8) is 0 Å². The molecule has 1 aromatic rings. The van der Waals surface area contributed by atoms with Gasteiger partial charge < -0.3 is 10.0 Å².